The molecule has 1 aliphatic rings. The smallest absolute Gasteiger partial charge is 0.0968 e. The predicted octanol–water partition coefficient (Wildman–Crippen LogP) is 3.67. The topological polar surface area (TPSA) is 18.5 Å². The zero-order chi connectivity index (χ0) is 11.9. The molecule has 0 aliphatic carbocycles. The van der Waals surface area contributed by atoms with E-state index in [-0.39, 0.29) is 5.41 Å². The monoisotopic (exact) mass is 222 g/mol. The van der Waals surface area contributed by atoms with Gasteiger partial charge in [-0.15, -0.1) is 0 Å². The van der Waals surface area contributed by atoms with Crippen molar-refractivity contribution in [1.82, 2.24) is 0 Å². The Morgan fingerprint density at radius 2 is 1.62 bits per heavy atom. The van der Waals surface area contributed by atoms with Gasteiger partial charge in [-0.05, 0) is 24.0 Å². The molecule has 0 amide bonds. The van der Waals surface area contributed by atoms with Crippen LogP contribution in [0.25, 0.3) is 0 Å². The highest BCUT2D eigenvalue weighted by Crippen LogP contribution is 2.16. The molecule has 0 fully saturated rings. The molecule has 0 bridgehead atoms. The van der Waals surface area contributed by atoms with E-state index >= 15 is 0 Å². The maximum absolute atomic E-state index is 5.44. The van der Waals surface area contributed by atoms with Crippen LogP contribution in [-0.2, 0) is 9.47 Å². The Hall–Kier alpha value is -1.18. The normalized spacial score (nSPS) is 22.8. The van der Waals surface area contributed by atoms with Crippen LogP contribution in [0, 0.1) is 11.3 Å². The molecular weight excluding hydrogens is 200 g/mol. The van der Waals surface area contributed by atoms with Crippen LogP contribution in [0.15, 0.2) is 36.8 Å². The Morgan fingerprint density at radius 3 is 2.12 bits per heavy atom. The molecule has 0 spiro atoms. The summed E-state index contributed by atoms with van der Waals surface area (Å²) < 4.78 is 10.9. The van der Waals surface area contributed by atoms with Crippen LogP contribution in [0.2, 0.25) is 0 Å². The van der Waals surface area contributed by atoms with Crippen molar-refractivity contribution in [3.8, 4) is 0 Å². The van der Waals surface area contributed by atoms with Gasteiger partial charge in [-0.2, -0.15) is 0 Å². The maximum Gasteiger partial charge on any atom is 0.0968 e. The SMILES string of the molecule is CC(C)(C)C=CC1COC=CCC=COC1. The lowest BCUT2D eigenvalue weighted by atomic mass is 9.94. The Morgan fingerprint density at radius 1 is 1.06 bits per heavy atom. The van der Waals surface area contributed by atoms with E-state index in [2.05, 4.69) is 32.9 Å². The average Bonchev–Trinajstić information content (AvgIpc) is 2.22. The second-order valence-corrected chi connectivity index (χ2v) is 5.13. The van der Waals surface area contributed by atoms with Crippen LogP contribution < -0.4 is 0 Å². The lowest BCUT2D eigenvalue weighted by molar-refractivity contribution is 0.144. The molecule has 0 aromatic carbocycles. The van der Waals surface area contributed by atoms with E-state index < -0.39 is 0 Å². The molecule has 1 heterocycles. The summed E-state index contributed by atoms with van der Waals surface area (Å²) in [4.78, 5) is 0. The lowest BCUT2D eigenvalue weighted by Crippen LogP contribution is -2.13. The molecule has 90 valence electrons. The molecule has 0 saturated carbocycles. The molecule has 2 nitrogen and oxygen atoms in total. The quantitative estimate of drug-likeness (QED) is 0.630. The minimum absolute atomic E-state index is 0.209. The van der Waals surface area contributed by atoms with E-state index in [1.54, 1.807) is 12.5 Å². The highest BCUT2D eigenvalue weighted by atomic mass is 16.5. The fourth-order valence-electron chi connectivity index (χ4n) is 1.27. The molecule has 0 unspecified atom stereocenters. The summed E-state index contributed by atoms with van der Waals surface area (Å²) in [7, 11) is 0. The second-order valence-electron chi connectivity index (χ2n) is 5.13. The molecule has 0 N–H and O–H groups in total. The van der Waals surface area contributed by atoms with Crippen molar-refractivity contribution in [3.63, 3.8) is 0 Å². The van der Waals surface area contributed by atoms with Crippen LogP contribution in [0.1, 0.15) is 27.2 Å². The van der Waals surface area contributed by atoms with Crippen LogP contribution >= 0.6 is 0 Å². The number of allylic oxidation sites excluding steroid dienone is 3. The molecule has 0 aromatic heterocycles. The van der Waals surface area contributed by atoms with Gasteiger partial charge in [0.2, 0.25) is 0 Å². The van der Waals surface area contributed by atoms with E-state index in [9.17, 15) is 0 Å². The third kappa shape index (κ3) is 6.33. The minimum Gasteiger partial charge on any atom is -0.501 e. The van der Waals surface area contributed by atoms with Gasteiger partial charge in [0.1, 0.15) is 0 Å². The number of ether oxygens (including phenoxy) is 2. The van der Waals surface area contributed by atoms with E-state index in [0.29, 0.717) is 19.1 Å². The fourth-order valence-corrected chi connectivity index (χ4v) is 1.27. The van der Waals surface area contributed by atoms with E-state index in [1.807, 2.05) is 12.2 Å². The fraction of sp³-hybridized carbons (Fsp3) is 0.571. The summed E-state index contributed by atoms with van der Waals surface area (Å²) in [6.45, 7) is 7.91. The van der Waals surface area contributed by atoms with Crippen molar-refractivity contribution >= 4 is 0 Å². The average molecular weight is 222 g/mol. The standard InChI is InChI=1S/C14H22O2/c1-14(2,3)8-7-13-11-15-9-5-4-6-10-16-12-13/h5-10,13H,4,11-12H2,1-3H3. The van der Waals surface area contributed by atoms with Crippen molar-refractivity contribution in [1.29, 1.82) is 0 Å². The van der Waals surface area contributed by atoms with Crippen molar-refractivity contribution in [2.45, 2.75) is 27.2 Å². The summed E-state index contributed by atoms with van der Waals surface area (Å²) >= 11 is 0. The summed E-state index contributed by atoms with van der Waals surface area (Å²) in [6, 6.07) is 0. The van der Waals surface area contributed by atoms with E-state index in [0.717, 1.165) is 6.42 Å². The first-order chi connectivity index (χ1) is 7.58. The first-order valence-corrected chi connectivity index (χ1v) is 5.80. The van der Waals surface area contributed by atoms with Gasteiger partial charge in [-0.25, -0.2) is 0 Å². The highest BCUT2D eigenvalue weighted by molar-refractivity contribution is 4.97. The summed E-state index contributed by atoms with van der Waals surface area (Å²) in [5.41, 5.74) is 0.209. The van der Waals surface area contributed by atoms with Gasteiger partial charge < -0.3 is 9.47 Å². The summed E-state index contributed by atoms with van der Waals surface area (Å²) in [6.07, 6.45) is 12.8. The van der Waals surface area contributed by atoms with Gasteiger partial charge in [0.15, 0.2) is 0 Å². The van der Waals surface area contributed by atoms with Crippen molar-refractivity contribution in [3.05, 3.63) is 36.8 Å². The lowest BCUT2D eigenvalue weighted by Gasteiger charge is -2.16. The van der Waals surface area contributed by atoms with Crippen LogP contribution in [-0.4, -0.2) is 13.2 Å². The third-order valence-electron chi connectivity index (χ3n) is 2.15. The van der Waals surface area contributed by atoms with Gasteiger partial charge in [-0.3, -0.25) is 0 Å². The van der Waals surface area contributed by atoms with Gasteiger partial charge in [-0.1, -0.05) is 32.9 Å². The molecule has 16 heavy (non-hydrogen) atoms. The third-order valence-corrected chi connectivity index (χ3v) is 2.15. The molecular formula is C14H22O2. The van der Waals surface area contributed by atoms with Crippen molar-refractivity contribution < 1.29 is 9.47 Å². The number of hydrogen-bond acceptors (Lipinski definition) is 2. The molecule has 0 saturated heterocycles. The molecule has 0 radical (unpaired) electrons. The predicted molar refractivity (Wildman–Crippen MR) is 66.9 cm³/mol. The summed E-state index contributed by atoms with van der Waals surface area (Å²) in [5, 5.41) is 0. The van der Waals surface area contributed by atoms with Gasteiger partial charge in [0.25, 0.3) is 0 Å². The van der Waals surface area contributed by atoms with Crippen LogP contribution in [0.3, 0.4) is 0 Å². The number of hydrogen-bond donors (Lipinski definition) is 0. The highest BCUT2D eigenvalue weighted by Gasteiger charge is 2.09. The molecule has 0 atom stereocenters. The van der Waals surface area contributed by atoms with Gasteiger partial charge in [0.05, 0.1) is 25.7 Å². The number of rotatable bonds is 1. The summed E-state index contributed by atoms with van der Waals surface area (Å²) in [5.74, 6) is 0.312. The largest absolute Gasteiger partial charge is 0.501 e. The van der Waals surface area contributed by atoms with Crippen LogP contribution in [0.4, 0.5) is 0 Å². The van der Waals surface area contributed by atoms with Crippen molar-refractivity contribution in [2.24, 2.45) is 11.3 Å². The van der Waals surface area contributed by atoms with E-state index in [1.165, 1.54) is 0 Å². The zero-order valence-corrected chi connectivity index (χ0v) is 10.5. The zero-order valence-electron chi connectivity index (χ0n) is 10.5. The van der Waals surface area contributed by atoms with Crippen molar-refractivity contribution in [2.75, 3.05) is 13.2 Å². The van der Waals surface area contributed by atoms with Crippen LogP contribution in [0.5, 0.6) is 0 Å². The van der Waals surface area contributed by atoms with Gasteiger partial charge >= 0.3 is 0 Å². The molecule has 1 rings (SSSR count). The molecule has 0 aromatic rings. The molecule has 1 aliphatic heterocycles. The van der Waals surface area contributed by atoms with Gasteiger partial charge in [0, 0.05) is 5.92 Å². The molecule has 2 heteroatoms. The Labute approximate surface area is 98.6 Å². The van der Waals surface area contributed by atoms with E-state index in [4.69, 9.17) is 9.47 Å². The second kappa shape index (κ2) is 6.41. The Bertz CT molecular complexity index is 253. The Balaban J connectivity index is 2.50. The first kappa shape index (κ1) is 12.9. The maximum atomic E-state index is 5.44. The minimum atomic E-state index is 0.209. The Kier molecular flexibility index (Phi) is 5.17. The first-order valence-electron chi connectivity index (χ1n) is 5.80.